The Morgan fingerprint density at radius 3 is 2.47 bits per heavy atom. The fourth-order valence-electron chi connectivity index (χ4n) is 2.98. The third kappa shape index (κ3) is 3.43. The van der Waals surface area contributed by atoms with E-state index in [2.05, 4.69) is 54.9 Å². The predicted molar refractivity (Wildman–Crippen MR) is 77.8 cm³/mol. The summed E-state index contributed by atoms with van der Waals surface area (Å²) in [5.74, 6) is 0. The van der Waals surface area contributed by atoms with Gasteiger partial charge in [0.25, 0.3) is 0 Å². The normalized spacial score (nSPS) is 22.6. The van der Waals surface area contributed by atoms with Crippen molar-refractivity contribution in [3.63, 3.8) is 0 Å². The number of rotatable bonds is 3. The van der Waals surface area contributed by atoms with Gasteiger partial charge in [0.15, 0.2) is 0 Å². The van der Waals surface area contributed by atoms with Gasteiger partial charge in [0, 0.05) is 12.2 Å². The van der Waals surface area contributed by atoms with E-state index < -0.39 is 8.07 Å². The Hall–Kier alpha value is -0.603. The molecule has 1 aliphatic rings. The van der Waals surface area contributed by atoms with E-state index in [1.54, 1.807) is 0 Å². The first-order valence-corrected chi connectivity index (χ1v) is 10.4. The molecule has 0 N–H and O–H groups in total. The van der Waals surface area contributed by atoms with E-state index in [1.165, 1.54) is 31.4 Å². The molecule has 1 heterocycles. The van der Waals surface area contributed by atoms with Crippen LogP contribution in [0.5, 0.6) is 0 Å². The Bertz CT molecular complexity index is 342. The summed E-state index contributed by atoms with van der Waals surface area (Å²) in [6.45, 7) is 9.99. The zero-order valence-corrected chi connectivity index (χ0v) is 12.4. The molecule has 0 aromatic heterocycles. The molecular formula is C15H25NSi. The molecule has 17 heavy (non-hydrogen) atoms. The maximum Gasteiger partial charge on any atom is 0.0638 e. The average Bonchev–Trinajstić information content (AvgIpc) is 2.30. The molecule has 1 fully saturated rings. The van der Waals surface area contributed by atoms with Crippen LogP contribution in [0.2, 0.25) is 19.6 Å². The zero-order chi connectivity index (χ0) is 12.3. The van der Waals surface area contributed by atoms with Gasteiger partial charge >= 0.3 is 0 Å². The van der Waals surface area contributed by atoms with Crippen molar-refractivity contribution >= 4 is 8.07 Å². The predicted octanol–water partition coefficient (Wildman–Crippen LogP) is 3.92. The lowest BCUT2D eigenvalue weighted by molar-refractivity contribution is 0.185. The number of benzene rings is 1. The van der Waals surface area contributed by atoms with Crippen LogP contribution in [-0.4, -0.2) is 25.2 Å². The van der Waals surface area contributed by atoms with Crippen LogP contribution < -0.4 is 0 Å². The maximum absolute atomic E-state index is 2.74. The second kappa shape index (κ2) is 5.36. The van der Waals surface area contributed by atoms with E-state index in [0.717, 1.165) is 12.2 Å². The topological polar surface area (TPSA) is 3.24 Å². The molecule has 1 saturated heterocycles. The highest BCUT2D eigenvalue weighted by Gasteiger charge is 2.33. The highest BCUT2D eigenvalue weighted by Crippen LogP contribution is 2.26. The lowest BCUT2D eigenvalue weighted by Crippen LogP contribution is -2.52. The minimum absolute atomic E-state index is 0.872. The third-order valence-corrected chi connectivity index (χ3v) is 6.49. The first-order chi connectivity index (χ1) is 8.07. The van der Waals surface area contributed by atoms with Crippen molar-refractivity contribution in [3.8, 4) is 0 Å². The number of piperidine rings is 1. The Balaban J connectivity index is 2.07. The summed E-state index contributed by atoms with van der Waals surface area (Å²) in [5.41, 5.74) is 2.34. The van der Waals surface area contributed by atoms with Gasteiger partial charge in [-0.05, 0) is 24.9 Å². The van der Waals surface area contributed by atoms with Gasteiger partial charge in [0.2, 0.25) is 0 Å². The number of likely N-dealkylation sites (tertiary alicyclic amines) is 1. The van der Waals surface area contributed by atoms with E-state index in [-0.39, 0.29) is 0 Å². The third-order valence-electron chi connectivity index (χ3n) is 3.84. The second-order valence-corrected chi connectivity index (χ2v) is 11.7. The Kier molecular flexibility index (Phi) is 4.05. The molecule has 0 aliphatic carbocycles. The van der Waals surface area contributed by atoms with Gasteiger partial charge in [-0.15, -0.1) is 0 Å². The lowest BCUT2D eigenvalue weighted by Gasteiger charge is -2.42. The second-order valence-electron chi connectivity index (χ2n) is 6.33. The van der Waals surface area contributed by atoms with Crippen LogP contribution in [0.15, 0.2) is 30.3 Å². The largest absolute Gasteiger partial charge is 0.299 e. The first kappa shape index (κ1) is 12.8. The highest BCUT2D eigenvalue weighted by molar-refractivity contribution is 6.77. The van der Waals surface area contributed by atoms with Crippen LogP contribution in [0.4, 0.5) is 0 Å². The van der Waals surface area contributed by atoms with Crippen LogP contribution >= 0.6 is 0 Å². The molecule has 0 amide bonds. The molecule has 1 aromatic rings. The smallest absolute Gasteiger partial charge is 0.0638 e. The van der Waals surface area contributed by atoms with Crippen molar-refractivity contribution in [2.45, 2.75) is 51.1 Å². The lowest BCUT2D eigenvalue weighted by atomic mass is 10.1. The van der Waals surface area contributed by atoms with E-state index in [9.17, 15) is 0 Å². The van der Waals surface area contributed by atoms with Crippen LogP contribution in [-0.2, 0) is 6.54 Å². The SMILES string of the molecule is C[Si](C)(C)[C@H]1CCCCN1Cc1ccccc1. The highest BCUT2D eigenvalue weighted by atomic mass is 28.3. The molecule has 0 unspecified atom stereocenters. The summed E-state index contributed by atoms with van der Waals surface area (Å²) in [5, 5.41) is 0. The standard InChI is InChI=1S/C15H25NSi/c1-17(2,3)15-11-7-8-12-16(15)13-14-9-5-4-6-10-14/h4-6,9-10,15H,7-8,11-13H2,1-3H3/t15-/m0/s1. The Morgan fingerprint density at radius 2 is 1.82 bits per heavy atom. The van der Waals surface area contributed by atoms with E-state index in [0.29, 0.717) is 0 Å². The molecule has 2 rings (SSSR count). The van der Waals surface area contributed by atoms with Crippen LogP contribution in [0.25, 0.3) is 0 Å². The quantitative estimate of drug-likeness (QED) is 0.732. The zero-order valence-electron chi connectivity index (χ0n) is 11.4. The fourth-order valence-corrected chi connectivity index (χ4v) is 5.36. The summed E-state index contributed by atoms with van der Waals surface area (Å²) in [6, 6.07) is 10.9. The van der Waals surface area contributed by atoms with Crippen molar-refractivity contribution in [1.82, 2.24) is 4.90 Å². The van der Waals surface area contributed by atoms with Crippen molar-refractivity contribution in [2.75, 3.05) is 6.54 Å². The van der Waals surface area contributed by atoms with Gasteiger partial charge in [0.1, 0.15) is 0 Å². The monoisotopic (exact) mass is 247 g/mol. The van der Waals surface area contributed by atoms with Gasteiger partial charge in [-0.2, -0.15) is 0 Å². The molecule has 1 nitrogen and oxygen atoms in total. The van der Waals surface area contributed by atoms with Crippen LogP contribution in [0.3, 0.4) is 0 Å². The van der Waals surface area contributed by atoms with E-state index >= 15 is 0 Å². The van der Waals surface area contributed by atoms with Gasteiger partial charge in [0.05, 0.1) is 8.07 Å². The molecule has 94 valence electrons. The van der Waals surface area contributed by atoms with Crippen molar-refractivity contribution in [2.24, 2.45) is 0 Å². The summed E-state index contributed by atoms with van der Waals surface area (Å²) >= 11 is 0. The van der Waals surface area contributed by atoms with Gasteiger partial charge in [-0.3, -0.25) is 4.90 Å². The molecule has 0 spiro atoms. The number of nitrogens with zero attached hydrogens (tertiary/aromatic N) is 1. The van der Waals surface area contributed by atoms with Gasteiger partial charge in [-0.1, -0.05) is 56.4 Å². The molecule has 0 radical (unpaired) electrons. The molecule has 1 aliphatic heterocycles. The van der Waals surface area contributed by atoms with Crippen LogP contribution in [0, 0.1) is 0 Å². The minimum atomic E-state index is -1.05. The summed E-state index contributed by atoms with van der Waals surface area (Å²) in [6.07, 6.45) is 4.23. The van der Waals surface area contributed by atoms with E-state index in [1.807, 2.05) is 0 Å². The van der Waals surface area contributed by atoms with Crippen molar-refractivity contribution in [1.29, 1.82) is 0 Å². The van der Waals surface area contributed by atoms with Crippen molar-refractivity contribution < 1.29 is 0 Å². The first-order valence-electron chi connectivity index (χ1n) is 6.85. The fraction of sp³-hybridized carbons (Fsp3) is 0.600. The Labute approximate surface area is 107 Å². The van der Waals surface area contributed by atoms with E-state index in [4.69, 9.17) is 0 Å². The summed E-state index contributed by atoms with van der Waals surface area (Å²) in [4.78, 5) is 2.74. The molecule has 0 saturated carbocycles. The summed E-state index contributed by atoms with van der Waals surface area (Å²) in [7, 11) is -1.05. The maximum atomic E-state index is 2.74. The van der Waals surface area contributed by atoms with Gasteiger partial charge < -0.3 is 0 Å². The number of hydrogen-bond donors (Lipinski definition) is 0. The molecule has 0 bridgehead atoms. The van der Waals surface area contributed by atoms with Crippen molar-refractivity contribution in [3.05, 3.63) is 35.9 Å². The van der Waals surface area contributed by atoms with Crippen LogP contribution in [0.1, 0.15) is 24.8 Å². The molecule has 1 atom stereocenters. The molecule has 1 aromatic carbocycles. The number of hydrogen-bond acceptors (Lipinski definition) is 1. The average molecular weight is 247 g/mol. The Morgan fingerprint density at radius 1 is 1.12 bits per heavy atom. The minimum Gasteiger partial charge on any atom is -0.299 e. The molecular weight excluding hydrogens is 222 g/mol. The molecule has 2 heteroatoms. The van der Waals surface area contributed by atoms with Gasteiger partial charge in [-0.25, -0.2) is 0 Å². The summed E-state index contributed by atoms with van der Waals surface area (Å²) < 4.78 is 0.